The zero-order valence-corrected chi connectivity index (χ0v) is 10.6. The molecular weight excluding hydrogens is 242 g/mol. The molecule has 0 amide bonds. The van der Waals surface area contributed by atoms with Crippen LogP contribution in [-0.2, 0) is 14.8 Å². The van der Waals surface area contributed by atoms with E-state index in [-0.39, 0.29) is 0 Å². The first-order valence-electron chi connectivity index (χ1n) is 6.22. The van der Waals surface area contributed by atoms with Gasteiger partial charge in [-0.2, -0.15) is 4.72 Å². The Morgan fingerprint density at radius 2 is 1.71 bits per heavy atom. The summed E-state index contributed by atoms with van der Waals surface area (Å²) < 4.78 is 26.7. The number of carboxylic acids is 1. The lowest BCUT2D eigenvalue weighted by Crippen LogP contribution is -2.60. The molecule has 0 spiro atoms. The molecule has 0 bridgehead atoms. The first-order valence-corrected chi connectivity index (χ1v) is 7.77. The van der Waals surface area contributed by atoms with Gasteiger partial charge in [-0.25, -0.2) is 8.42 Å². The zero-order chi connectivity index (χ0) is 12.5. The molecule has 17 heavy (non-hydrogen) atoms. The maximum Gasteiger partial charge on any atom is 0.324 e. The molecule has 0 heterocycles. The lowest BCUT2D eigenvalue weighted by Gasteiger charge is -2.39. The van der Waals surface area contributed by atoms with Gasteiger partial charge in [0.2, 0.25) is 10.0 Å². The smallest absolute Gasteiger partial charge is 0.324 e. The molecule has 0 atom stereocenters. The van der Waals surface area contributed by atoms with Crippen LogP contribution in [0, 0.1) is 0 Å². The van der Waals surface area contributed by atoms with Gasteiger partial charge in [-0.1, -0.05) is 19.3 Å². The molecule has 0 radical (unpaired) electrons. The highest BCUT2D eigenvalue weighted by Crippen LogP contribution is 2.34. The van der Waals surface area contributed by atoms with E-state index >= 15 is 0 Å². The second-order valence-corrected chi connectivity index (χ2v) is 7.11. The van der Waals surface area contributed by atoms with Gasteiger partial charge in [0.1, 0.15) is 5.54 Å². The summed E-state index contributed by atoms with van der Waals surface area (Å²) in [5.41, 5.74) is -1.21. The molecule has 2 aliphatic carbocycles. The van der Waals surface area contributed by atoms with Gasteiger partial charge in [-0.3, -0.25) is 4.79 Å². The molecule has 6 heteroatoms. The molecule has 0 unspecified atom stereocenters. The van der Waals surface area contributed by atoms with Crippen LogP contribution in [0.1, 0.15) is 51.4 Å². The second-order valence-electron chi connectivity index (χ2n) is 5.15. The van der Waals surface area contributed by atoms with Crippen molar-refractivity contribution in [3.05, 3.63) is 0 Å². The lowest BCUT2D eigenvalue weighted by molar-refractivity contribution is -0.147. The van der Waals surface area contributed by atoms with Gasteiger partial charge >= 0.3 is 5.97 Å². The van der Waals surface area contributed by atoms with Gasteiger partial charge in [0.15, 0.2) is 0 Å². The van der Waals surface area contributed by atoms with Crippen LogP contribution in [0.15, 0.2) is 0 Å². The number of carbonyl (C=O) groups is 1. The summed E-state index contributed by atoms with van der Waals surface area (Å²) in [4.78, 5) is 11.1. The van der Waals surface area contributed by atoms with Gasteiger partial charge in [-0.15, -0.1) is 0 Å². The molecule has 0 aromatic heterocycles. The molecule has 0 aromatic rings. The van der Waals surface area contributed by atoms with Crippen molar-refractivity contribution in [2.75, 3.05) is 0 Å². The largest absolute Gasteiger partial charge is 0.480 e. The molecule has 2 fully saturated rings. The summed E-state index contributed by atoms with van der Waals surface area (Å²) in [6.07, 6.45) is 5.84. The molecule has 2 rings (SSSR count). The number of aliphatic carboxylic acids is 1. The predicted octanol–water partition coefficient (Wildman–Crippen LogP) is 1.25. The molecule has 0 saturated heterocycles. The number of carboxylic acid groups (broad SMARTS) is 1. The maximum atomic E-state index is 12.1. The zero-order valence-electron chi connectivity index (χ0n) is 9.81. The number of hydrogen-bond donors (Lipinski definition) is 2. The van der Waals surface area contributed by atoms with Crippen LogP contribution in [0.5, 0.6) is 0 Å². The van der Waals surface area contributed by atoms with Crippen molar-refractivity contribution < 1.29 is 18.3 Å². The maximum absolute atomic E-state index is 12.1. The Morgan fingerprint density at radius 1 is 1.12 bits per heavy atom. The number of hydrogen-bond acceptors (Lipinski definition) is 3. The average Bonchev–Trinajstić information content (AvgIpc) is 2.24. The van der Waals surface area contributed by atoms with Crippen LogP contribution >= 0.6 is 0 Å². The number of sulfonamides is 1. The van der Waals surface area contributed by atoms with Crippen LogP contribution in [-0.4, -0.2) is 30.3 Å². The van der Waals surface area contributed by atoms with E-state index in [1.807, 2.05) is 0 Å². The quantitative estimate of drug-likeness (QED) is 0.797. The Balaban J connectivity index is 2.08. The first-order chi connectivity index (χ1) is 7.96. The highest BCUT2D eigenvalue weighted by atomic mass is 32.2. The van der Waals surface area contributed by atoms with Crippen molar-refractivity contribution in [2.45, 2.75) is 62.2 Å². The number of nitrogens with one attached hydrogen (secondary N) is 1. The minimum atomic E-state index is -3.48. The van der Waals surface area contributed by atoms with Crippen LogP contribution in [0.25, 0.3) is 0 Å². The van der Waals surface area contributed by atoms with Crippen LogP contribution in [0.3, 0.4) is 0 Å². The van der Waals surface area contributed by atoms with E-state index in [9.17, 15) is 13.2 Å². The van der Waals surface area contributed by atoms with E-state index < -0.39 is 26.8 Å². The monoisotopic (exact) mass is 261 g/mol. The molecular formula is C11H19NO4S. The fourth-order valence-corrected chi connectivity index (χ4v) is 4.58. The topological polar surface area (TPSA) is 83.5 Å². The summed E-state index contributed by atoms with van der Waals surface area (Å²) in [6.45, 7) is 0. The van der Waals surface area contributed by atoms with Crippen LogP contribution in [0.4, 0.5) is 0 Å². The Bertz CT molecular complexity index is 394. The SMILES string of the molecule is O=C(O)C1(NS(=O)(=O)C2CCCCC2)CCC1. The van der Waals surface area contributed by atoms with Gasteiger partial charge in [0.25, 0.3) is 0 Å². The van der Waals surface area contributed by atoms with E-state index in [1.54, 1.807) is 0 Å². The van der Waals surface area contributed by atoms with Gasteiger partial charge in [0, 0.05) is 0 Å². The third-order valence-corrected chi connectivity index (χ3v) is 5.97. The van der Waals surface area contributed by atoms with E-state index in [2.05, 4.69) is 4.72 Å². The van der Waals surface area contributed by atoms with Crippen LogP contribution in [0.2, 0.25) is 0 Å². The van der Waals surface area contributed by atoms with Crippen molar-refractivity contribution >= 4 is 16.0 Å². The minimum Gasteiger partial charge on any atom is -0.480 e. The van der Waals surface area contributed by atoms with Crippen molar-refractivity contribution in [3.8, 4) is 0 Å². The Labute approximate surface area is 102 Å². The highest BCUT2D eigenvalue weighted by Gasteiger charge is 2.48. The van der Waals surface area contributed by atoms with Gasteiger partial charge < -0.3 is 5.11 Å². The Hall–Kier alpha value is -0.620. The van der Waals surface area contributed by atoms with Crippen LogP contribution < -0.4 is 4.72 Å². The average molecular weight is 261 g/mol. The third-order valence-electron chi connectivity index (χ3n) is 3.95. The van der Waals surface area contributed by atoms with E-state index in [0.29, 0.717) is 25.7 Å². The highest BCUT2D eigenvalue weighted by molar-refractivity contribution is 7.90. The fourth-order valence-electron chi connectivity index (χ4n) is 2.62. The molecule has 0 aromatic carbocycles. The molecule has 2 N–H and O–H groups in total. The summed E-state index contributed by atoms with van der Waals surface area (Å²) in [6, 6.07) is 0. The Morgan fingerprint density at radius 3 is 2.12 bits per heavy atom. The summed E-state index contributed by atoms with van der Waals surface area (Å²) in [7, 11) is -3.48. The van der Waals surface area contributed by atoms with Crippen molar-refractivity contribution in [1.82, 2.24) is 4.72 Å². The van der Waals surface area contributed by atoms with E-state index in [4.69, 9.17) is 5.11 Å². The summed E-state index contributed by atoms with van der Waals surface area (Å²) in [5.74, 6) is -1.04. The predicted molar refractivity (Wildman–Crippen MR) is 63.1 cm³/mol. The molecule has 2 aliphatic rings. The van der Waals surface area contributed by atoms with E-state index in [1.165, 1.54) is 0 Å². The van der Waals surface area contributed by atoms with Gasteiger partial charge in [-0.05, 0) is 32.1 Å². The second kappa shape index (κ2) is 4.57. The van der Waals surface area contributed by atoms with Crippen molar-refractivity contribution in [1.29, 1.82) is 0 Å². The molecule has 5 nitrogen and oxygen atoms in total. The van der Waals surface area contributed by atoms with E-state index in [0.717, 1.165) is 25.7 Å². The molecule has 2 saturated carbocycles. The fraction of sp³-hybridized carbons (Fsp3) is 0.909. The summed E-state index contributed by atoms with van der Waals surface area (Å²) in [5, 5.41) is 8.72. The Kier molecular flexibility index (Phi) is 3.45. The molecule has 98 valence electrons. The number of rotatable bonds is 4. The van der Waals surface area contributed by atoms with Crippen molar-refractivity contribution in [2.24, 2.45) is 0 Å². The minimum absolute atomic E-state index is 0.395. The molecule has 0 aliphatic heterocycles. The third kappa shape index (κ3) is 2.47. The standard InChI is InChI=1S/C11H19NO4S/c13-10(14)11(7-4-8-11)12-17(15,16)9-5-2-1-3-6-9/h9,12H,1-8H2,(H,13,14). The normalized spacial score (nSPS) is 25.2. The van der Waals surface area contributed by atoms with Gasteiger partial charge in [0.05, 0.1) is 5.25 Å². The van der Waals surface area contributed by atoms with Crippen molar-refractivity contribution in [3.63, 3.8) is 0 Å². The first kappa shape index (κ1) is 12.8. The summed E-state index contributed by atoms with van der Waals surface area (Å²) >= 11 is 0. The lowest BCUT2D eigenvalue weighted by atomic mass is 9.78.